The zero-order chi connectivity index (χ0) is 13.0. The van der Waals surface area contributed by atoms with Crippen molar-refractivity contribution < 1.29 is 4.74 Å². The molecule has 1 aromatic rings. The van der Waals surface area contributed by atoms with Crippen LogP contribution in [0.4, 0.5) is 5.82 Å². The van der Waals surface area contributed by atoms with E-state index in [0.717, 1.165) is 23.2 Å². The van der Waals surface area contributed by atoms with E-state index in [0.29, 0.717) is 12.0 Å². The van der Waals surface area contributed by atoms with E-state index in [9.17, 15) is 0 Å². The molecule has 2 heterocycles. The van der Waals surface area contributed by atoms with Crippen LogP contribution < -0.4 is 5.32 Å². The van der Waals surface area contributed by atoms with Gasteiger partial charge in [-0.3, -0.25) is 0 Å². The van der Waals surface area contributed by atoms with Gasteiger partial charge in [-0.1, -0.05) is 13.8 Å². The van der Waals surface area contributed by atoms with E-state index in [2.05, 4.69) is 29.1 Å². The minimum atomic E-state index is 0.392. The number of rotatable bonds is 5. The Hall–Kier alpha value is -0.810. The van der Waals surface area contributed by atoms with E-state index in [1.807, 2.05) is 7.05 Å². The van der Waals surface area contributed by atoms with Crippen LogP contribution in [0.5, 0.6) is 0 Å². The fourth-order valence-electron chi connectivity index (χ4n) is 2.16. The maximum absolute atomic E-state index is 5.65. The summed E-state index contributed by atoms with van der Waals surface area (Å²) in [5, 5.41) is 4.23. The number of thioether (sulfide) groups is 1. The Bertz CT molecular complexity index is 392. The molecule has 18 heavy (non-hydrogen) atoms. The number of hydrogen-bond donors (Lipinski definition) is 1. The molecule has 0 aliphatic carbocycles. The largest absolute Gasteiger partial charge is 0.377 e. The van der Waals surface area contributed by atoms with Gasteiger partial charge in [0.1, 0.15) is 17.2 Å². The molecule has 0 amide bonds. The fraction of sp³-hybridized carbons (Fsp3) is 0.692. The summed E-state index contributed by atoms with van der Waals surface area (Å²) >= 11 is 1.79. The summed E-state index contributed by atoms with van der Waals surface area (Å²) in [5.41, 5.74) is 1.21. The summed E-state index contributed by atoms with van der Waals surface area (Å²) in [5.74, 6) is 2.34. The van der Waals surface area contributed by atoms with E-state index < -0.39 is 0 Å². The van der Waals surface area contributed by atoms with Crippen LogP contribution >= 0.6 is 11.8 Å². The third-order valence-electron chi connectivity index (χ3n) is 3.09. The first-order chi connectivity index (χ1) is 8.72. The van der Waals surface area contributed by atoms with E-state index in [-0.39, 0.29) is 0 Å². The number of nitrogens with zero attached hydrogens (tertiary/aromatic N) is 2. The number of hydrogen-bond acceptors (Lipinski definition) is 5. The van der Waals surface area contributed by atoms with Crippen LogP contribution in [-0.4, -0.2) is 35.5 Å². The molecule has 5 heteroatoms. The second kappa shape index (κ2) is 6.38. The minimum absolute atomic E-state index is 0.392. The second-order valence-electron chi connectivity index (χ2n) is 4.79. The molecular formula is C13H21N3OS. The Labute approximate surface area is 113 Å². The van der Waals surface area contributed by atoms with Crippen LogP contribution in [0.15, 0.2) is 11.4 Å². The van der Waals surface area contributed by atoms with E-state index in [1.54, 1.807) is 18.1 Å². The third-order valence-corrected chi connectivity index (χ3v) is 4.23. The maximum Gasteiger partial charge on any atom is 0.133 e. The first kappa shape index (κ1) is 13.6. The van der Waals surface area contributed by atoms with Crippen molar-refractivity contribution in [2.75, 3.05) is 24.7 Å². The van der Waals surface area contributed by atoms with Crippen LogP contribution in [-0.2, 0) is 4.74 Å². The zero-order valence-corrected chi connectivity index (χ0v) is 12.1. The highest BCUT2D eigenvalue weighted by Gasteiger charge is 2.19. The Balaban J connectivity index is 2.10. The lowest BCUT2D eigenvalue weighted by molar-refractivity contribution is 0.129. The molecule has 0 saturated carbocycles. The SMILES string of the molecule is CNc1ncnc(SCC2CCCO2)c1C(C)C. The number of anilines is 1. The predicted molar refractivity (Wildman–Crippen MR) is 75.4 cm³/mol. The van der Waals surface area contributed by atoms with Gasteiger partial charge >= 0.3 is 0 Å². The number of nitrogens with one attached hydrogen (secondary N) is 1. The minimum Gasteiger partial charge on any atom is -0.377 e. The third kappa shape index (κ3) is 3.14. The summed E-state index contributed by atoms with van der Waals surface area (Å²) < 4.78 is 5.65. The molecule has 1 fully saturated rings. The average molecular weight is 267 g/mol. The molecule has 1 N–H and O–H groups in total. The molecule has 1 saturated heterocycles. The van der Waals surface area contributed by atoms with Crippen LogP contribution in [0.2, 0.25) is 0 Å². The molecule has 0 aromatic carbocycles. The molecule has 1 aromatic heterocycles. The number of aromatic nitrogens is 2. The Morgan fingerprint density at radius 2 is 2.33 bits per heavy atom. The topological polar surface area (TPSA) is 47.0 Å². The molecule has 100 valence electrons. The lowest BCUT2D eigenvalue weighted by Gasteiger charge is -2.16. The van der Waals surface area contributed by atoms with Crippen molar-refractivity contribution in [2.45, 2.75) is 43.7 Å². The summed E-state index contributed by atoms with van der Waals surface area (Å²) in [6.07, 6.45) is 4.39. The van der Waals surface area contributed by atoms with Gasteiger partial charge in [0.05, 0.1) is 6.10 Å². The molecule has 0 spiro atoms. The van der Waals surface area contributed by atoms with Crippen molar-refractivity contribution in [2.24, 2.45) is 0 Å². The summed E-state index contributed by atoms with van der Waals surface area (Å²) in [6.45, 7) is 5.26. The van der Waals surface area contributed by atoms with E-state index in [1.165, 1.54) is 18.4 Å². The van der Waals surface area contributed by atoms with Crippen molar-refractivity contribution in [3.8, 4) is 0 Å². The molecular weight excluding hydrogens is 246 g/mol. The van der Waals surface area contributed by atoms with Gasteiger partial charge in [0.25, 0.3) is 0 Å². The smallest absolute Gasteiger partial charge is 0.133 e. The highest BCUT2D eigenvalue weighted by Crippen LogP contribution is 2.32. The highest BCUT2D eigenvalue weighted by atomic mass is 32.2. The van der Waals surface area contributed by atoms with Gasteiger partial charge < -0.3 is 10.1 Å². The van der Waals surface area contributed by atoms with E-state index >= 15 is 0 Å². The van der Waals surface area contributed by atoms with Crippen molar-refractivity contribution >= 4 is 17.6 Å². The standard InChI is InChI=1S/C13H21N3OS/c1-9(2)11-12(14-3)15-8-16-13(11)18-7-10-5-4-6-17-10/h8-10H,4-7H2,1-3H3,(H,14,15,16). The quantitative estimate of drug-likeness (QED) is 0.656. The lowest BCUT2D eigenvalue weighted by atomic mass is 10.1. The van der Waals surface area contributed by atoms with Crippen molar-refractivity contribution in [3.63, 3.8) is 0 Å². The highest BCUT2D eigenvalue weighted by molar-refractivity contribution is 7.99. The first-order valence-corrected chi connectivity index (χ1v) is 7.48. The van der Waals surface area contributed by atoms with Crippen molar-refractivity contribution in [1.29, 1.82) is 0 Å². The van der Waals surface area contributed by atoms with Crippen LogP contribution in [0.25, 0.3) is 0 Å². The molecule has 4 nitrogen and oxygen atoms in total. The lowest BCUT2D eigenvalue weighted by Crippen LogP contribution is -2.10. The Morgan fingerprint density at radius 3 is 2.94 bits per heavy atom. The molecule has 0 radical (unpaired) electrons. The fourth-order valence-corrected chi connectivity index (χ4v) is 3.38. The molecule has 2 rings (SSSR count). The Morgan fingerprint density at radius 1 is 1.50 bits per heavy atom. The Kier molecular flexibility index (Phi) is 4.83. The van der Waals surface area contributed by atoms with Crippen LogP contribution in [0.3, 0.4) is 0 Å². The number of ether oxygens (including phenoxy) is 1. The monoisotopic (exact) mass is 267 g/mol. The maximum atomic E-state index is 5.65. The van der Waals surface area contributed by atoms with Crippen LogP contribution in [0.1, 0.15) is 38.2 Å². The van der Waals surface area contributed by atoms with Gasteiger partial charge in [-0.15, -0.1) is 11.8 Å². The van der Waals surface area contributed by atoms with Gasteiger partial charge in [0.2, 0.25) is 0 Å². The van der Waals surface area contributed by atoms with Gasteiger partial charge in [0.15, 0.2) is 0 Å². The van der Waals surface area contributed by atoms with Crippen LogP contribution in [0, 0.1) is 0 Å². The molecule has 1 atom stereocenters. The molecule has 1 aliphatic rings. The van der Waals surface area contributed by atoms with Gasteiger partial charge in [-0.05, 0) is 18.8 Å². The summed E-state index contributed by atoms with van der Waals surface area (Å²) in [4.78, 5) is 8.72. The molecule has 1 aliphatic heterocycles. The van der Waals surface area contributed by atoms with Gasteiger partial charge in [-0.2, -0.15) is 0 Å². The van der Waals surface area contributed by atoms with Gasteiger partial charge in [-0.25, -0.2) is 9.97 Å². The summed E-state index contributed by atoms with van der Waals surface area (Å²) in [7, 11) is 1.91. The summed E-state index contributed by atoms with van der Waals surface area (Å²) in [6, 6.07) is 0. The zero-order valence-electron chi connectivity index (χ0n) is 11.3. The van der Waals surface area contributed by atoms with Crippen molar-refractivity contribution in [3.05, 3.63) is 11.9 Å². The van der Waals surface area contributed by atoms with Gasteiger partial charge in [0, 0.05) is 25.0 Å². The predicted octanol–water partition coefficient (Wildman–Crippen LogP) is 2.91. The van der Waals surface area contributed by atoms with Crippen molar-refractivity contribution in [1.82, 2.24) is 9.97 Å². The van der Waals surface area contributed by atoms with E-state index in [4.69, 9.17) is 4.74 Å². The normalized spacial score (nSPS) is 19.4. The molecule has 1 unspecified atom stereocenters. The second-order valence-corrected chi connectivity index (χ2v) is 5.80. The average Bonchev–Trinajstić information content (AvgIpc) is 2.88. The molecule has 0 bridgehead atoms. The first-order valence-electron chi connectivity index (χ1n) is 6.49.